The van der Waals surface area contributed by atoms with E-state index >= 15 is 0 Å². The van der Waals surface area contributed by atoms with Crippen LogP contribution >= 0.6 is 11.8 Å². The molecule has 0 unspecified atom stereocenters. The largest absolute Gasteiger partial charge is 0.446 e. The van der Waals surface area contributed by atoms with E-state index in [9.17, 15) is 13.2 Å². The summed E-state index contributed by atoms with van der Waals surface area (Å²) < 4.78 is 36.2. The molecule has 0 saturated carbocycles. The van der Waals surface area contributed by atoms with Crippen LogP contribution in [0.4, 0.5) is 18.9 Å². The molecule has 0 fully saturated rings. The Hall–Kier alpha value is -1.90. The molecule has 1 aromatic rings. The predicted molar refractivity (Wildman–Crippen MR) is 62.5 cm³/mol. The molecule has 9 heteroatoms. The lowest BCUT2D eigenvalue weighted by molar-refractivity contribution is -0.459. The quantitative estimate of drug-likeness (QED) is 0.238. The fourth-order valence-corrected chi connectivity index (χ4v) is 1.62. The molecule has 18 heavy (non-hydrogen) atoms. The molecule has 0 spiro atoms. The Morgan fingerprint density at radius 2 is 1.61 bits per heavy atom. The molecule has 0 atom stereocenters. The normalized spacial score (nSPS) is 12.3. The number of halogens is 3. The van der Waals surface area contributed by atoms with Gasteiger partial charge in [0.1, 0.15) is 5.69 Å². The first-order valence-corrected chi connectivity index (χ1v) is 5.48. The lowest BCUT2D eigenvalue weighted by Gasteiger charge is -2.04. The van der Waals surface area contributed by atoms with Crippen LogP contribution in [0.3, 0.4) is 0 Å². The van der Waals surface area contributed by atoms with Gasteiger partial charge in [-0.15, -0.1) is 0 Å². The summed E-state index contributed by atoms with van der Waals surface area (Å²) in [4.78, 5) is 5.18. The number of rotatable bonds is 2. The molecule has 0 aliphatic heterocycles. The van der Waals surface area contributed by atoms with Gasteiger partial charge in [0, 0.05) is 4.90 Å². The zero-order valence-electron chi connectivity index (χ0n) is 9.08. The Morgan fingerprint density at radius 3 is 2.06 bits per heavy atom. The summed E-state index contributed by atoms with van der Waals surface area (Å²) in [7, 11) is 0. The Kier molecular flexibility index (Phi) is 4.43. The van der Waals surface area contributed by atoms with E-state index in [2.05, 4.69) is 9.98 Å². The number of hydrogen-bond acceptors (Lipinski definition) is 1. The Bertz CT molecular complexity index is 462. The Balaban J connectivity index is 2.81. The topological polar surface area (TPSA) is 106 Å². The molecule has 5 nitrogen and oxygen atoms in total. The summed E-state index contributed by atoms with van der Waals surface area (Å²) in [5.74, 6) is -0.0181. The van der Waals surface area contributed by atoms with E-state index in [4.69, 9.17) is 17.2 Å². The van der Waals surface area contributed by atoms with E-state index < -0.39 is 5.51 Å². The average molecular weight is 279 g/mol. The first-order valence-electron chi connectivity index (χ1n) is 4.66. The lowest BCUT2D eigenvalue weighted by atomic mass is 10.3. The van der Waals surface area contributed by atoms with E-state index in [0.29, 0.717) is 5.69 Å². The second-order valence-corrected chi connectivity index (χ2v) is 4.33. The summed E-state index contributed by atoms with van der Waals surface area (Å²) in [6.07, 6.45) is 0. The van der Waals surface area contributed by atoms with Crippen molar-refractivity contribution in [2.24, 2.45) is 17.2 Å². The molecule has 0 bridgehead atoms. The van der Waals surface area contributed by atoms with Crippen molar-refractivity contribution in [3.8, 4) is 0 Å². The molecule has 0 aromatic heterocycles. The van der Waals surface area contributed by atoms with Crippen LogP contribution in [0, 0.1) is 0 Å². The minimum atomic E-state index is -4.30. The Labute approximate surface area is 105 Å². The molecule has 0 saturated heterocycles. The molecule has 0 heterocycles. The molecular weight excluding hydrogens is 267 g/mol. The molecule has 8 N–H and O–H groups in total. The highest BCUT2D eigenvalue weighted by atomic mass is 32.2. The number of benzene rings is 1. The SMILES string of the molecule is NC(N)=[NH+]C(N)=[NH+]c1ccc(SC(F)(F)F)cc1. The minimum absolute atomic E-state index is 0.0752. The van der Waals surface area contributed by atoms with E-state index in [1.54, 1.807) is 0 Å². The highest BCUT2D eigenvalue weighted by molar-refractivity contribution is 8.00. The molecule has 1 rings (SSSR count). The fourth-order valence-electron chi connectivity index (χ4n) is 1.08. The predicted octanol–water partition coefficient (Wildman–Crippen LogP) is -2.32. The maximum absolute atomic E-state index is 12.1. The van der Waals surface area contributed by atoms with Crippen LogP contribution in [-0.2, 0) is 0 Å². The molecule has 1 aromatic carbocycles. The van der Waals surface area contributed by atoms with Gasteiger partial charge in [0.2, 0.25) is 0 Å². The zero-order valence-corrected chi connectivity index (χ0v) is 9.90. The van der Waals surface area contributed by atoms with Crippen molar-refractivity contribution in [2.45, 2.75) is 10.4 Å². The van der Waals surface area contributed by atoms with E-state index in [0.717, 1.165) is 0 Å². The van der Waals surface area contributed by atoms with Crippen LogP contribution in [0.1, 0.15) is 0 Å². The van der Waals surface area contributed by atoms with Crippen molar-refractivity contribution in [3.63, 3.8) is 0 Å². The number of hydrogen-bond donors (Lipinski definition) is 5. The van der Waals surface area contributed by atoms with Crippen molar-refractivity contribution < 1.29 is 23.2 Å². The highest BCUT2D eigenvalue weighted by Gasteiger charge is 2.28. The van der Waals surface area contributed by atoms with Crippen LogP contribution in [0.15, 0.2) is 29.2 Å². The van der Waals surface area contributed by atoms with Crippen molar-refractivity contribution in [1.82, 2.24) is 0 Å². The van der Waals surface area contributed by atoms with Gasteiger partial charge in [-0.1, -0.05) is 0 Å². The fraction of sp³-hybridized carbons (Fsp3) is 0.111. The average Bonchev–Trinajstić information content (AvgIpc) is 2.17. The third-order valence-electron chi connectivity index (χ3n) is 1.65. The molecule has 0 aliphatic rings. The summed E-state index contributed by atoms with van der Waals surface area (Å²) in [5.41, 5.74) is 12.0. The first kappa shape index (κ1) is 14.2. The van der Waals surface area contributed by atoms with Gasteiger partial charge in [-0.25, -0.2) is 4.99 Å². The monoisotopic (exact) mass is 279 g/mol. The van der Waals surface area contributed by atoms with Crippen molar-refractivity contribution >= 4 is 29.4 Å². The Morgan fingerprint density at radius 1 is 1.06 bits per heavy atom. The molecule has 0 aliphatic carbocycles. The molecule has 98 valence electrons. The smallest absolute Gasteiger partial charge is 0.275 e. The van der Waals surface area contributed by atoms with Crippen LogP contribution < -0.4 is 27.2 Å². The van der Waals surface area contributed by atoms with E-state index in [1.165, 1.54) is 24.3 Å². The summed E-state index contributed by atoms with van der Waals surface area (Å²) >= 11 is -0.187. The highest BCUT2D eigenvalue weighted by Crippen LogP contribution is 2.36. The van der Waals surface area contributed by atoms with Gasteiger partial charge in [-0.2, -0.15) is 18.2 Å². The number of alkyl halides is 3. The van der Waals surface area contributed by atoms with Crippen molar-refractivity contribution in [3.05, 3.63) is 24.3 Å². The van der Waals surface area contributed by atoms with E-state index in [-0.39, 0.29) is 28.6 Å². The van der Waals surface area contributed by atoms with Crippen molar-refractivity contribution in [2.75, 3.05) is 0 Å². The number of nitrogens with two attached hydrogens (primary N) is 3. The third kappa shape index (κ3) is 5.43. The summed E-state index contributed by atoms with van der Waals surface area (Å²) in [6.45, 7) is 0. The molecule has 0 amide bonds. The number of nitrogens with one attached hydrogen (secondary N) is 2. The first-order chi connectivity index (χ1) is 8.26. The van der Waals surface area contributed by atoms with Crippen LogP contribution in [-0.4, -0.2) is 17.4 Å². The van der Waals surface area contributed by atoms with Gasteiger partial charge >= 0.3 is 17.4 Å². The van der Waals surface area contributed by atoms with Gasteiger partial charge in [-0.05, 0) is 36.0 Å². The lowest BCUT2D eigenvalue weighted by Crippen LogP contribution is -2.96. The molecule has 0 radical (unpaired) electrons. The second kappa shape index (κ2) is 5.63. The maximum Gasteiger partial charge on any atom is 0.446 e. The summed E-state index contributed by atoms with van der Waals surface area (Å²) in [6, 6.07) is 5.55. The van der Waals surface area contributed by atoms with Gasteiger partial charge < -0.3 is 0 Å². The number of thioether (sulfide) groups is 1. The minimum Gasteiger partial charge on any atom is -0.275 e. The van der Waals surface area contributed by atoms with Gasteiger partial charge in [0.15, 0.2) is 0 Å². The van der Waals surface area contributed by atoms with Gasteiger partial charge in [0.05, 0.1) is 0 Å². The van der Waals surface area contributed by atoms with Crippen LogP contribution in [0.25, 0.3) is 0 Å². The van der Waals surface area contributed by atoms with Crippen LogP contribution in [0.2, 0.25) is 0 Å². The van der Waals surface area contributed by atoms with Crippen LogP contribution in [0.5, 0.6) is 0 Å². The van der Waals surface area contributed by atoms with Gasteiger partial charge in [-0.3, -0.25) is 17.2 Å². The maximum atomic E-state index is 12.1. The van der Waals surface area contributed by atoms with Crippen molar-refractivity contribution in [1.29, 1.82) is 0 Å². The molecular formula is C9H12F3N5S+2. The second-order valence-electron chi connectivity index (χ2n) is 3.19. The standard InChI is InChI=1S/C9H10F3N5S/c10-9(11,12)18-6-3-1-5(2-4-6)16-8(15)17-7(13)14/h1-4H,(H6,13,14,15,16,17)/p+2. The summed E-state index contributed by atoms with van der Waals surface area (Å²) in [5, 5.41) is 0. The van der Waals surface area contributed by atoms with Gasteiger partial charge in [0.25, 0.3) is 0 Å². The third-order valence-corrected chi connectivity index (χ3v) is 2.39. The number of guanidine groups is 2. The zero-order chi connectivity index (χ0) is 13.8. The van der Waals surface area contributed by atoms with E-state index in [1.807, 2.05) is 0 Å².